The molecule has 0 rings (SSSR count). The van der Waals surface area contributed by atoms with Gasteiger partial charge in [-0.25, -0.2) is 0 Å². The average Bonchev–Trinajstić information content (AvgIpc) is 2.82. The summed E-state index contributed by atoms with van der Waals surface area (Å²) in [4.78, 5) is 23.5. The van der Waals surface area contributed by atoms with Gasteiger partial charge in [0.25, 0.3) is 7.82 Å². The number of phosphoric ester groups is 1. The third kappa shape index (κ3) is 27.3. The summed E-state index contributed by atoms with van der Waals surface area (Å²) >= 11 is 0. The number of aliphatic hydroxyl groups excluding tert-OH is 1. The van der Waals surface area contributed by atoms with E-state index >= 15 is 0 Å². The van der Waals surface area contributed by atoms with E-state index in [0.717, 1.165) is 25.7 Å². The largest absolute Gasteiger partial charge is 0.756 e. The zero-order chi connectivity index (χ0) is 27.8. The Balaban J connectivity index is 3.76. The molecule has 1 unspecified atom stereocenters. The monoisotopic (exact) mass is 543 g/mol. The fraction of sp³-hybridized carbons (Fsp3) is 0.679. The molecule has 0 radical (unpaired) electrons. The molecule has 0 aromatic rings. The number of unbranched alkanes of at least 4 members (excludes halogenated alkanes) is 4. The van der Waals surface area contributed by atoms with Gasteiger partial charge in [-0.1, -0.05) is 68.4 Å². The number of hydrogen-bond donors (Lipinski definition) is 1. The van der Waals surface area contributed by atoms with Crippen molar-refractivity contribution in [3.05, 3.63) is 48.6 Å². The maximum absolute atomic E-state index is 11.8. The first-order valence-corrected chi connectivity index (χ1v) is 14.9. The maximum Gasteiger partial charge on any atom is 0.305 e. The van der Waals surface area contributed by atoms with E-state index < -0.39 is 26.5 Å². The van der Waals surface area contributed by atoms with E-state index in [4.69, 9.17) is 9.26 Å². The number of phosphoric acid groups is 1. The SMILES string of the molecule is CCCCC/C=C\C/C=C\C/C=C\C/C=C\CCCC(=O)OC[C@@H](O)COP(=O)([O-])OCC[N+](C)(C)C. The number of ether oxygens (including phenoxy) is 1. The van der Waals surface area contributed by atoms with Crippen LogP contribution in [0, 0.1) is 0 Å². The van der Waals surface area contributed by atoms with Gasteiger partial charge in [0.05, 0.1) is 27.7 Å². The van der Waals surface area contributed by atoms with Crippen molar-refractivity contribution in [3.63, 3.8) is 0 Å². The molecule has 0 saturated heterocycles. The van der Waals surface area contributed by atoms with Crippen molar-refractivity contribution < 1.29 is 37.6 Å². The molecule has 0 aliphatic rings. The highest BCUT2D eigenvalue weighted by Crippen LogP contribution is 2.38. The Labute approximate surface area is 224 Å². The van der Waals surface area contributed by atoms with Crippen molar-refractivity contribution in [3.8, 4) is 0 Å². The Kier molecular flexibility index (Phi) is 21.5. The van der Waals surface area contributed by atoms with E-state index in [2.05, 4.69) is 54.0 Å². The number of carbonyl (C=O) groups is 1. The number of quaternary nitrogens is 1. The van der Waals surface area contributed by atoms with Gasteiger partial charge < -0.3 is 28.3 Å². The number of nitrogens with zero attached hydrogens (tertiary/aromatic N) is 1. The number of hydrogen-bond acceptors (Lipinski definition) is 7. The van der Waals surface area contributed by atoms with Crippen LogP contribution in [-0.4, -0.2) is 69.2 Å². The number of esters is 1. The molecule has 0 saturated carbocycles. The lowest BCUT2D eigenvalue weighted by atomic mass is 10.2. The Morgan fingerprint density at radius 1 is 0.865 bits per heavy atom. The zero-order valence-electron chi connectivity index (χ0n) is 23.4. The molecule has 8 nitrogen and oxygen atoms in total. The van der Waals surface area contributed by atoms with Gasteiger partial charge in [-0.3, -0.25) is 9.36 Å². The molecule has 0 aromatic heterocycles. The molecule has 0 spiro atoms. The highest BCUT2D eigenvalue weighted by atomic mass is 31.2. The highest BCUT2D eigenvalue weighted by molar-refractivity contribution is 7.45. The summed E-state index contributed by atoms with van der Waals surface area (Å²) < 4.78 is 26.6. The van der Waals surface area contributed by atoms with Crippen molar-refractivity contribution in [2.24, 2.45) is 0 Å². The first kappa shape index (κ1) is 35.5. The topological polar surface area (TPSA) is 105 Å². The van der Waals surface area contributed by atoms with Gasteiger partial charge in [0, 0.05) is 6.42 Å². The molecule has 0 amide bonds. The molecule has 0 fully saturated rings. The smallest absolute Gasteiger partial charge is 0.305 e. The maximum atomic E-state index is 11.8. The lowest BCUT2D eigenvalue weighted by Crippen LogP contribution is -2.37. The lowest BCUT2D eigenvalue weighted by Gasteiger charge is -2.27. The van der Waals surface area contributed by atoms with E-state index in [1.165, 1.54) is 25.7 Å². The summed E-state index contributed by atoms with van der Waals surface area (Å²) in [5.41, 5.74) is 0. The van der Waals surface area contributed by atoms with E-state index in [-0.39, 0.29) is 19.6 Å². The van der Waals surface area contributed by atoms with Gasteiger partial charge in [-0.2, -0.15) is 0 Å². The number of carbonyl (C=O) groups excluding carboxylic acids is 1. The van der Waals surface area contributed by atoms with Crippen LogP contribution < -0.4 is 4.89 Å². The summed E-state index contributed by atoms with van der Waals surface area (Å²) in [7, 11) is 1.21. The van der Waals surface area contributed by atoms with Crippen molar-refractivity contribution >= 4 is 13.8 Å². The molecular weight excluding hydrogens is 493 g/mol. The minimum Gasteiger partial charge on any atom is -0.756 e. The number of likely N-dealkylation sites (N-methyl/N-ethyl adjacent to an activating group) is 1. The van der Waals surface area contributed by atoms with E-state index in [1.807, 2.05) is 27.2 Å². The van der Waals surface area contributed by atoms with Crippen LogP contribution >= 0.6 is 7.82 Å². The standard InChI is InChI=1S/C28H50NO7P/c1-5-6-7-8-9-10-11-12-13-14-15-16-17-18-19-20-21-22-28(31)34-25-27(30)26-36-37(32,33)35-24-23-29(2,3)4/h9-10,12-13,15-16,18-19,27,30H,5-8,11,14,17,20-26H2,1-4H3/b10-9-,13-12-,16-15-,19-18-/t27-/m1/s1. The molecule has 0 bridgehead atoms. The second-order valence-electron chi connectivity index (χ2n) is 9.91. The van der Waals surface area contributed by atoms with Gasteiger partial charge in [0.2, 0.25) is 0 Å². The van der Waals surface area contributed by atoms with E-state index in [0.29, 0.717) is 17.4 Å². The average molecular weight is 544 g/mol. The molecule has 9 heteroatoms. The predicted molar refractivity (Wildman–Crippen MR) is 148 cm³/mol. The third-order valence-electron chi connectivity index (χ3n) is 5.08. The summed E-state index contributed by atoms with van der Waals surface area (Å²) in [6, 6.07) is 0. The number of aliphatic hydroxyl groups is 1. The fourth-order valence-electron chi connectivity index (χ4n) is 2.88. The molecule has 0 aliphatic carbocycles. The van der Waals surface area contributed by atoms with Crippen LogP contribution in [-0.2, 0) is 23.1 Å². The Bertz CT molecular complexity index is 741. The van der Waals surface area contributed by atoms with Crippen LogP contribution in [0.15, 0.2) is 48.6 Å². The molecule has 2 atom stereocenters. The number of allylic oxidation sites excluding steroid dienone is 8. The summed E-state index contributed by atoms with van der Waals surface area (Å²) in [5, 5.41) is 9.79. The molecule has 0 aliphatic heterocycles. The first-order valence-electron chi connectivity index (χ1n) is 13.4. The van der Waals surface area contributed by atoms with Gasteiger partial charge in [0.15, 0.2) is 0 Å². The molecular formula is C28H50NO7P. The van der Waals surface area contributed by atoms with Gasteiger partial charge >= 0.3 is 5.97 Å². The molecule has 37 heavy (non-hydrogen) atoms. The summed E-state index contributed by atoms with van der Waals surface area (Å²) in [5.74, 6) is -0.445. The lowest BCUT2D eigenvalue weighted by molar-refractivity contribution is -0.870. The molecule has 0 aromatic carbocycles. The number of rotatable bonds is 23. The Morgan fingerprint density at radius 3 is 1.95 bits per heavy atom. The van der Waals surface area contributed by atoms with E-state index in [1.54, 1.807) is 0 Å². The quantitative estimate of drug-likeness (QED) is 0.0617. The fourth-order valence-corrected chi connectivity index (χ4v) is 3.61. The van der Waals surface area contributed by atoms with Crippen molar-refractivity contribution in [2.75, 3.05) is 47.5 Å². The van der Waals surface area contributed by atoms with Gasteiger partial charge in [-0.05, 0) is 44.9 Å². The second kappa shape index (κ2) is 22.4. The van der Waals surface area contributed by atoms with Crippen LogP contribution in [0.5, 0.6) is 0 Å². The van der Waals surface area contributed by atoms with Crippen LogP contribution in [0.1, 0.15) is 71.1 Å². The molecule has 0 heterocycles. The van der Waals surface area contributed by atoms with Crippen LogP contribution in [0.3, 0.4) is 0 Å². The minimum absolute atomic E-state index is 0.0190. The normalized spacial score (nSPS) is 15.3. The van der Waals surface area contributed by atoms with Gasteiger partial charge in [-0.15, -0.1) is 0 Å². The molecule has 1 N–H and O–H groups in total. The third-order valence-corrected chi connectivity index (χ3v) is 6.05. The second-order valence-corrected chi connectivity index (χ2v) is 11.3. The van der Waals surface area contributed by atoms with Crippen LogP contribution in [0.4, 0.5) is 0 Å². The minimum atomic E-state index is -4.51. The van der Waals surface area contributed by atoms with Crippen molar-refractivity contribution in [1.29, 1.82) is 0 Å². The van der Waals surface area contributed by atoms with Gasteiger partial charge in [0.1, 0.15) is 25.9 Å². The van der Waals surface area contributed by atoms with Crippen molar-refractivity contribution in [1.82, 2.24) is 0 Å². The summed E-state index contributed by atoms with van der Waals surface area (Å²) in [6.45, 7) is 1.82. The predicted octanol–water partition coefficient (Wildman–Crippen LogP) is 5.24. The Morgan fingerprint density at radius 2 is 1.41 bits per heavy atom. The van der Waals surface area contributed by atoms with E-state index in [9.17, 15) is 19.4 Å². The van der Waals surface area contributed by atoms with Crippen LogP contribution in [0.25, 0.3) is 0 Å². The van der Waals surface area contributed by atoms with Crippen molar-refractivity contribution in [2.45, 2.75) is 77.2 Å². The first-order chi connectivity index (χ1) is 17.6. The Hall–Kier alpha value is -1.54. The zero-order valence-corrected chi connectivity index (χ0v) is 24.3. The van der Waals surface area contributed by atoms with Crippen LogP contribution in [0.2, 0.25) is 0 Å². The molecule has 214 valence electrons. The summed E-state index contributed by atoms with van der Waals surface area (Å²) in [6.07, 6.45) is 25.4. The highest BCUT2D eigenvalue weighted by Gasteiger charge is 2.16.